The highest BCUT2D eigenvalue weighted by Gasteiger charge is 2.51. The van der Waals surface area contributed by atoms with Gasteiger partial charge in [-0.2, -0.15) is 13.2 Å². The van der Waals surface area contributed by atoms with Gasteiger partial charge in [-0.25, -0.2) is 13.2 Å². The molecule has 3 unspecified atom stereocenters. The second kappa shape index (κ2) is 14.7. The second-order valence-corrected chi connectivity index (χ2v) is 17.8. The first-order valence-electron chi connectivity index (χ1n) is 14.2. The van der Waals surface area contributed by atoms with Crippen molar-refractivity contribution in [3.05, 3.63) is 64.2 Å². The van der Waals surface area contributed by atoms with Crippen molar-refractivity contribution in [2.24, 2.45) is 5.92 Å². The summed E-state index contributed by atoms with van der Waals surface area (Å²) in [5.74, 6) is -5.94. The fourth-order valence-electron chi connectivity index (χ4n) is 5.18. The molecule has 1 fully saturated rings. The van der Waals surface area contributed by atoms with Crippen LogP contribution in [0, 0.1) is 5.92 Å². The number of ketones is 3. The number of alkyl halides is 3. The molecule has 0 bridgehead atoms. The smallest absolute Gasteiger partial charge is 0.411 e. The van der Waals surface area contributed by atoms with Gasteiger partial charge in [0.2, 0.25) is 0 Å². The van der Waals surface area contributed by atoms with Gasteiger partial charge in [-0.05, 0) is 42.4 Å². The van der Waals surface area contributed by atoms with Crippen molar-refractivity contribution in [2.75, 3.05) is 12.9 Å². The van der Waals surface area contributed by atoms with Crippen LogP contribution < -0.4 is 0 Å². The third kappa shape index (κ3) is 8.67. The standard InChI is InChI=1S/C30H34ClF3O9SSi/c1-5-45(6-2,7-3)43-22-15-21(42-29(38)18-11-9-8-10-12-18)27(36)24(28(22)37)26(35)19-13-14-23(44(4,39)40)20(25(19)31)16-41-17-30(32,33)34/h8-14,21-22,24H,5-7,15-17H2,1-4H3. The van der Waals surface area contributed by atoms with E-state index in [1.165, 1.54) is 12.1 Å². The van der Waals surface area contributed by atoms with E-state index in [4.69, 9.17) is 20.8 Å². The summed E-state index contributed by atoms with van der Waals surface area (Å²) in [5.41, 5.74) is -0.802. The first kappa shape index (κ1) is 36.6. The zero-order valence-corrected chi connectivity index (χ0v) is 27.7. The maximum Gasteiger partial charge on any atom is 0.411 e. The molecule has 3 rings (SSSR count). The average molecular weight is 691 g/mol. The van der Waals surface area contributed by atoms with Gasteiger partial charge in [0.25, 0.3) is 0 Å². The molecule has 1 aliphatic carbocycles. The zero-order chi connectivity index (χ0) is 33.7. The van der Waals surface area contributed by atoms with Gasteiger partial charge in [0.15, 0.2) is 41.6 Å². The largest absolute Gasteiger partial charge is 0.451 e. The molecule has 2 aromatic carbocycles. The predicted molar refractivity (Wildman–Crippen MR) is 160 cm³/mol. The Kier molecular flexibility index (Phi) is 11.9. The van der Waals surface area contributed by atoms with Crippen LogP contribution in [-0.4, -0.2) is 71.3 Å². The Morgan fingerprint density at radius 3 is 2.07 bits per heavy atom. The van der Waals surface area contributed by atoms with E-state index < -0.39 is 100 Å². The van der Waals surface area contributed by atoms with Gasteiger partial charge in [-0.1, -0.05) is 50.6 Å². The van der Waals surface area contributed by atoms with Gasteiger partial charge in [0, 0.05) is 23.8 Å². The Morgan fingerprint density at radius 1 is 0.956 bits per heavy atom. The number of hydrogen-bond donors (Lipinski definition) is 0. The second-order valence-electron chi connectivity index (χ2n) is 10.7. The van der Waals surface area contributed by atoms with Crippen LogP contribution in [0.3, 0.4) is 0 Å². The maximum absolute atomic E-state index is 13.9. The molecule has 0 spiro atoms. The molecule has 2 aromatic rings. The van der Waals surface area contributed by atoms with Gasteiger partial charge >= 0.3 is 12.1 Å². The Morgan fingerprint density at radius 2 is 1.53 bits per heavy atom. The number of esters is 1. The van der Waals surface area contributed by atoms with Gasteiger partial charge in [0.1, 0.15) is 18.6 Å². The summed E-state index contributed by atoms with van der Waals surface area (Å²) in [4.78, 5) is 53.8. The van der Waals surface area contributed by atoms with Crippen molar-refractivity contribution < 1.29 is 54.7 Å². The molecule has 3 atom stereocenters. The highest BCUT2D eigenvalue weighted by molar-refractivity contribution is 7.90. The summed E-state index contributed by atoms with van der Waals surface area (Å²) in [6, 6.07) is 11.6. The fourth-order valence-corrected chi connectivity index (χ4v) is 9.29. The molecule has 246 valence electrons. The van der Waals surface area contributed by atoms with Crippen LogP contribution in [0.4, 0.5) is 13.2 Å². The van der Waals surface area contributed by atoms with E-state index in [0.29, 0.717) is 18.1 Å². The van der Waals surface area contributed by atoms with Crippen molar-refractivity contribution in [3.63, 3.8) is 0 Å². The Balaban J connectivity index is 2.08. The third-order valence-electron chi connectivity index (χ3n) is 7.86. The highest BCUT2D eigenvalue weighted by atomic mass is 35.5. The summed E-state index contributed by atoms with van der Waals surface area (Å²) in [5, 5.41) is -0.592. The highest BCUT2D eigenvalue weighted by Crippen LogP contribution is 2.35. The first-order chi connectivity index (χ1) is 21.0. The number of halogens is 4. The lowest BCUT2D eigenvalue weighted by Gasteiger charge is -2.38. The number of benzene rings is 2. The van der Waals surface area contributed by atoms with Gasteiger partial charge in [0.05, 0.1) is 22.1 Å². The number of hydrogen-bond acceptors (Lipinski definition) is 9. The molecule has 15 heteroatoms. The van der Waals surface area contributed by atoms with Crippen LogP contribution in [0.1, 0.15) is 53.5 Å². The molecule has 0 saturated heterocycles. The number of Topliss-reactive ketones (excluding diaryl/α,β-unsaturated/α-hetero) is 3. The van der Waals surface area contributed by atoms with Crippen molar-refractivity contribution in [3.8, 4) is 0 Å². The van der Waals surface area contributed by atoms with Crippen LogP contribution in [-0.2, 0) is 39.9 Å². The zero-order valence-electron chi connectivity index (χ0n) is 25.1. The SMILES string of the molecule is CC[Si](CC)(CC)OC1CC(OC(=O)c2ccccc2)C(=O)C(C(=O)c2ccc(S(C)(=O)=O)c(COCC(F)(F)F)c2Cl)C1=O. The summed E-state index contributed by atoms with van der Waals surface area (Å²) in [7, 11) is -6.57. The van der Waals surface area contributed by atoms with Crippen LogP contribution in [0.15, 0.2) is 47.4 Å². The van der Waals surface area contributed by atoms with E-state index in [-0.39, 0.29) is 12.0 Å². The Hall–Kier alpha value is -2.91. The molecule has 0 aromatic heterocycles. The molecule has 0 aliphatic heterocycles. The van der Waals surface area contributed by atoms with Crippen molar-refractivity contribution in [2.45, 2.75) is 75.2 Å². The molecule has 45 heavy (non-hydrogen) atoms. The minimum atomic E-state index is -4.73. The summed E-state index contributed by atoms with van der Waals surface area (Å²) >= 11 is 6.41. The van der Waals surface area contributed by atoms with Crippen LogP contribution >= 0.6 is 11.6 Å². The van der Waals surface area contributed by atoms with E-state index in [9.17, 15) is 40.8 Å². The number of rotatable bonds is 13. The van der Waals surface area contributed by atoms with Crippen molar-refractivity contribution >= 4 is 53.1 Å². The van der Waals surface area contributed by atoms with Gasteiger partial charge in [-0.15, -0.1) is 0 Å². The van der Waals surface area contributed by atoms with E-state index in [1.54, 1.807) is 18.2 Å². The normalized spacial score (nSPS) is 19.4. The molecule has 0 radical (unpaired) electrons. The van der Waals surface area contributed by atoms with E-state index in [2.05, 4.69) is 4.74 Å². The number of ether oxygens (including phenoxy) is 2. The van der Waals surface area contributed by atoms with Crippen molar-refractivity contribution in [1.29, 1.82) is 0 Å². The maximum atomic E-state index is 13.9. The van der Waals surface area contributed by atoms with Crippen LogP contribution in [0.25, 0.3) is 0 Å². The summed E-state index contributed by atoms with van der Waals surface area (Å²) in [6.07, 6.45) is -7.08. The predicted octanol–water partition coefficient (Wildman–Crippen LogP) is 5.78. The quantitative estimate of drug-likeness (QED) is 0.111. The van der Waals surface area contributed by atoms with E-state index >= 15 is 0 Å². The van der Waals surface area contributed by atoms with Crippen LogP contribution in [0.5, 0.6) is 0 Å². The minimum Gasteiger partial charge on any atom is -0.451 e. The van der Waals surface area contributed by atoms with E-state index in [0.717, 1.165) is 18.4 Å². The number of carbonyl (C=O) groups is 4. The molecular weight excluding hydrogens is 657 g/mol. The third-order valence-corrected chi connectivity index (χ3v) is 14.1. The lowest BCUT2D eigenvalue weighted by Crippen LogP contribution is -2.55. The van der Waals surface area contributed by atoms with Gasteiger partial charge in [-0.3, -0.25) is 14.4 Å². The lowest BCUT2D eigenvalue weighted by atomic mass is 9.78. The number of sulfone groups is 1. The minimum absolute atomic E-state index is 0.129. The Bertz CT molecular complexity index is 1540. The average Bonchev–Trinajstić information content (AvgIpc) is 2.98. The van der Waals surface area contributed by atoms with Crippen LogP contribution in [0.2, 0.25) is 23.2 Å². The summed E-state index contributed by atoms with van der Waals surface area (Å²) in [6.45, 7) is 3.08. The molecule has 0 N–H and O–H groups in total. The first-order valence-corrected chi connectivity index (χ1v) is 19.0. The summed E-state index contributed by atoms with van der Waals surface area (Å²) < 4.78 is 79.5. The molecule has 1 aliphatic rings. The van der Waals surface area contributed by atoms with Crippen molar-refractivity contribution in [1.82, 2.24) is 0 Å². The molecule has 9 nitrogen and oxygen atoms in total. The van der Waals surface area contributed by atoms with Gasteiger partial charge < -0.3 is 13.9 Å². The molecule has 1 saturated carbocycles. The number of carbonyl (C=O) groups excluding carboxylic acids is 4. The molecule has 0 heterocycles. The Labute approximate surface area is 265 Å². The molecule has 0 amide bonds. The molecular formula is C30H34ClF3O9SSi. The van der Waals surface area contributed by atoms with E-state index in [1.807, 2.05) is 20.8 Å². The lowest BCUT2D eigenvalue weighted by molar-refractivity contribution is -0.176. The topological polar surface area (TPSA) is 130 Å². The fraction of sp³-hybridized carbons (Fsp3) is 0.467. The monoisotopic (exact) mass is 690 g/mol.